The van der Waals surface area contributed by atoms with Gasteiger partial charge in [0, 0.05) is 30.5 Å². The summed E-state index contributed by atoms with van der Waals surface area (Å²) in [6.07, 6.45) is 7.44. The molecule has 0 amide bonds. The lowest BCUT2D eigenvalue weighted by Crippen LogP contribution is -2.00. The maximum atomic E-state index is 5.48. The highest BCUT2D eigenvalue weighted by Crippen LogP contribution is 2.30. The summed E-state index contributed by atoms with van der Waals surface area (Å²) in [6.45, 7) is 0. The van der Waals surface area contributed by atoms with E-state index in [1.54, 1.807) is 19.5 Å². The summed E-state index contributed by atoms with van der Waals surface area (Å²) in [5.74, 6) is 1.64. The molecule has 0 fully saturated rings. The van der Waals surface area contributed by atoms with Crippen LogP contribution in [0, 0.1) is 0 Å². The van der Waals surface area contributed by atoms with Crippen molar-refractivity contribution in [3.05, 3.63) is 79.4 Å². The van der Waals surface area contributed by atoms with Crippen LogP contribution in [0.1, 0.15) is 0 Å². The fraction of sp³-hybridized carbons (Fsp3) is 0.0526. The fourth-order valence-electron chi connectivity index (χ4n) is 2.75. The predicted molar refractivity (Wildman–Crippen MR) is 92.7 cm³/mol. The van der Waals surface area contributed by atoms with Gasteiger partial charge in [-0.2, -0.15) is 5.10 Å². The molecule has 0 spiro atoms. The van der Waals surface area contributed by atoms with Gasteiger partial charge in [0.15, 0.2) is 0 Å². The van der Waals surface area contributed by atoms with Gasteiger partial charge in [0.05, 0.1) is 18.4 Å². The molecule has 5 heteroatoms. The van der Waals surface area contributed by atoms with Crippen molar-refractivity contribution in [2.45, 2.75) is 0 Å². The van der Waals surface area contributed by atoms with Gasteiger partial charge in [-0.05, 0) is 36.4 Å². The van der Waals surface area contributed by atoms with E-state index in [0.29, 0.717) is 0 Å². The van der Waals surface area contributed by atoms with Gasteiger partial charge in [-0.1, -0.05) is 18.2 Å². The predicted octanol–water partition coefficient (Wildman–Crippen LogP) is 3.73. The molecule has 0 radical (unpaired) electrons. The van der Waals surface area contributed by atoms with Crippen LogP contribution >= 0.6 is 0 Å². The van der Waals surface area contributed by atoms with Crippen molar-refractivity contribution in [1.29, 1.82) is 0 Å². The normalized spacial score (nSPS) is 10.7. The summed E-state index contributed by atoms with van der Waals surface area (Å²) in [5, 5.41) is 4.29. The van der Waals surface area contributed by atoms with Gasteiger partial charge in [-0.25, -0.2) is 9.67 Å². The van der Waals surface area contributed by atoms with E-state index >= 15 is 0 Å². The third-order valence-electron chi connectivity index (χ3n) is 3.87. The average Bonchev–Trinajstić information content (AvgIpc) is 3.33. The van der Waals surface area contributed by atoms with Crippen molar-refractivity contribution in [2.24, 2.45) is 0 Å². The van der Waals surface area contributed by atoms with Gasteiger partial charge in [-0.3, -0.25) is 4.57 Å². The second-order valence-electron chi connectivity index (χ2n) is 5.29. The van der Waals surface area contributed by atoms with Gasteiger partial charge in [0.1, 0.15) is 11.6 Å². The van der Waals surface area contributed by atoms with E-state index in [1.165, 1.54) is 0 Å². The molecular weight excluding hydrogens is 300 g/mol. The monoisotopic (exact) mass is 316 g/mol. The SMILES string of the molecule is COc1ccccc1-c1nccn1-c1cccc(-n2cccn2)c1. The molecule has 0 aliphatic carbocycles. The van der Waals surface area contributed by atoms with Crippen LogP contribution in [-0.2, 0) is 0 Å². The number of aromatic nitrogens is 4. The zero-order chi connectivity index (χ0) is 16.4. The second-order valence-corrected chi connectivity index (χ2v) is 5.29. The summed E-state index contributed by atoms with van der Waals surface area (Å²) >= 11 is 0. The smallest absolute Gasteiger partial charge is 0.148 e. The van der Waals surface area contributed by atoms with Crippen LogP contribution in [0.2, 0.25) is 0 Å². The van der Waals surface area contributed by atoms with Gasteiger partial charge in [-0.15, -0.1) is 0 Å². The molecule has 2 heterocycles. The molecule has 4 aromatic rings. The number of imidazole rings is 1. The van der Waals surface area contributed by atoms with E-state index in [-0.39, 0.29) is 0 Å². The molecule has 0 saturated carbocycles. The van der Waals surface area contributed by atoms with Crippen LogP contribution in [0.3, 0.4) is 0 Å². The number of para-hydroxylation sites is 1. The minimum absolute atomic E-state index is 0.799. The molecule has 24 heavy (non-hydrogen) atoms. The van der Waals surface area contributed by atoms with Crippen molar-refractivity contribution < 1.29 is 4.74 Å². The molecule has 0 unspecified atom stereocenters. The maximum Gasteiger partial charge on any atom is 0.148 e. The number of rotatable bonds is 4. The van der Waals surface area contributed by atoms with Crippen LogP contribution < -0.4 is 4.74 Å². The molecule has 5 nitrogen and oxygen atoms in total. The molecule has 0 aliphatic rings. The molecule has 0 aliphatic heterocycles. The third-order valence-corrected chi connectivity index (χ3v) is 3.87. The summed E-state index contributed by atoms with van der Waals surface area (Å²) < 4.78 is 9.36. The summed E-state index contributed by atoms with van der Waals surface area (Å²) in [6, 6.07) is 18.0. The van der Waals surface area contributed by atoms with Crippen molar-refractivity contribution in [2.75, 3.05) is 7.11 Å². The Balaban J connectivity index is 1.82. The number of ether oxygens (including phenoxy) is 1. The van der Waals surface area contributed by atoms with Crippen LogP contribution in [0.5, 0.6) is 5.75 Å². The zero-order valence-corrected chi connectivity index (χ0v) is 13.2. The molecule has 4 rings (SSSR count). The molecule has 0 bridgehead atoms. The van der Waals surface area contributed by atoms with E-state index in [1.807, 2.05) is 70.2 Å². The Morgan fingerprint density at radius 2 is 1.75 bits per heavy atom. The first-order chi connectivity index (χ1) is 11.9. The lowest BCUT2D eigenvalue weighted by molar-refractivity contribution is 0.416. The van der Waals surface area contributed by atoms with Crippen LogP contribution in [-0.4, -0.2) is 26.4 Å². The van der Waals surface area contributed by atoms with Crippen molar-refractivity contribution >= 4 is 0 Å². The highest BCUT2D eigenvalue weighted by Gasteiger charge is 2.12. The Kier molecular flexibility index (Phi) is 3.59. The van der Waals surface area contributed by atoms with Crippen molar-refractivity contribution in [3.63, 3.8) is 0 Å². The number of nitrogens with zero attached hydrogens (tertiary/aromatic N) is 4. The summed E-state index contributed by atoms with van der Waals surface area (Å²) in [5.41, 5.74) is 2.97. The van der Waals surface area contributed by atoms with Crippen molar-refractivity contribution in [3.8, 4) is 28.5 Å². The minimum Gasteiger partial charge on any atom is -0.496 e. The fourth-order valence-corrected chi connectivity index (χ4v) is 2.75. The van der Waals surface area contributed by atoms with Crippen LogP contribution in [0.15, 0.2) is 79.4 Å². The Morgan fingerprint density at radius 1 is 0.875 bits per heavy atom. The summed E-state index contributed by atoms with van der Waals surface area (Å²) in [7, 11) is 1.67. The Bertz CT molecular complexity index is 957. The highest BCUT2D eigenvalue weighted by molar-refractivity contribution is 5.66. The quantitative estimate of drug-likeness (QED) is 0.576. The largest absolute Gasteiger partial charge is 0.496 e. The number of methoxy groups -OCH3 is 1. The lowest BCUT2D eigenvalue weighted by Gasteiger charge is -2.12. The van der Waals surface area contributed by atoms with Crippen LogP contribution in [0.25, 0.3) is 22.8 Å². The Hall–Kier alpha value is -3.34. The average molecular weight is 316 g/mol. The Morgan fingerprint density at radius 3 is 2.58 bits per heavy atom. The summed E-state index contributed by atoms with van der Waals surface area (Å²) in [4.78, 5) is 4.52. The van der Waals surface area contributed by atoms with Gasteiger partial charge in [0.25, 0.3) is 0 Å². The van der Waals surface area contributed by atoms with E-state index in [4.69, 9.17) is 4.74 Å². The molecule has 118 valence electrons. The van der Waals surface area contributed by atoms with E-state index < -0.39 is 0 Å². The molecule has 0 atom stereocenters. The standard InChI is InChI=1S/C19H16N4O/c1-24-18-9-3-2-8-17(18)19-20-11-13-22(19)15-6-4-7-16(14-15)23-12-5-10-21-23/h2-14H,1H3. The van der Waals surface area contributed by atoms with E-state index in [0.717, 1.165) is 28.5 Å². The van der Waals surface area contributed by atoms with Gasteiger partial charge < -0.3 is 4.74 Å². The number of hydrogen-bond acceptors (Lipinski definition) is 3. The first-order valence-corrected chi connectivity index (χ1v) is 7.64. The number of hydrogen-bond donors (Lipinski definition) is 0. The van der Waals surface area contributed by atoms with Crippen LogP contribution in [0.4, 0.5) is 0 Å². The first-order valence-electron chi connectivity index (χ1n) is 7.64. The van der Waals surface area contributed by atoms with E-state index in [2.05, 4.69) is 16.1 Å². The highest BCUT2D eigenvalue weighted by atomic mass is 16.5. The second kappa shape index (κ2) is 6.04. The molecule has 2 aromatic heterocycles. The van der Waals surface area contributed by atoms with Gasteiger partial charge in [0.2, 0.25) is 0 Å². The molecule has 0 N–H and O–H groups in total. The van der Waals surface area contributed by atoms with E-state index in [9.17, 15) is 0 Å². The molecule has 2 aromatic carbocycles. The number of benzene rings is 2. The Labute approximate surface area is 139 Å². The molecule has 0 saturated heterocycles. The topological polar surface area (TPSA) is 44.9 Å². The molecular formula is C19H16N4O. The van der Waals surface area contributed by atoms with Crippen molar-refractivity contribution in [1.82, 2.24) is 19.3 Å². The lowest BCUT2D eigenvalue weighted by atomic mass is 10.2. The van der Waals surface area contributed by atoms with Gasteiger partial charge >= 0.3 is 0 Å². The minimum atomic E-state index is 0.799. The maximum absolute atomic E-state index is 5.48. The third kappa shape index (κ3) is 2.46. The zero-order valence-electron chi connectivity index (χ0n) is 13.2. The first kappa shape index (κ1) is 14.3.